The second-order valence-corrected chi connectivity index (χ2v) is 4.22. The first-order valence-electron chi connectivity index (χ1n) is 5.75. The summed E-state index contributed by atoms with van der Waals surface area (Å²) in [4.78, 5) is 16.3. The predicted molar refractivity (Wildman–Crippen MR) is 71.9 cm³/mol. The van der Waals surface area contributed by atoms with Crippen molar-refractivity contribution in [2.24, 2.45) is 7.05 Å². The van der Waals surface area contributed by atoms with Crippen LogP contribution in [0.2, 0.25) is 0 Å². The molecule has 0 saturated heterocycles. The van der Waals surface area contributed by atoms with E-state index >= 15 is 0 Å². The third kappa shape index (κ3) is 1.49. The highest BCUT2D eigenvalue weighted by Gasteiger charge is 2.15. The van der Waals surface area contributed by atoms with E-state index in [4.69, 9.17) is 9.47 Å². The predicted octanol–water partition coefficient (Wildman–Crippen LogP) is 1.43. The summed E-state index contributed by atoms with van der Waals surface area (Å²) in [5, 5.41) is 4.30. The molecule has 98 valence electrons. The standard InChI is InChI=1S/C13H13N3O3/c1-16-13(17)7-6-14-12-9(19-3)5-4-8(18-2)10(12)11(7)15-16/h4-6,15H,1-3H3. The third-order valence-corrected chi connectivity index (χ3v) is 3.20. The van der Waals surface area contributed by atoms with Gasteiger partial charge in [0.05, 0.1) is 30.5 Å². The van der Waals surface area contributed by atoms with Crippen LogP contribution in [0, 0.1) is 0 Å². The van der Waals surface area contributed by atoms with Crippen molar-refractivity contribution in [1.82, 2.24) is 14.8 Å². The summed E-state index contributed by atoms with van der Waals surface area (Å²) >= 11 is 0. The van der Waals surface area contributed by atoms with E-state index < -0.39 is 0 Å². The summed E-state index contributed by atoms with van der Waals surface area (Å²) < 4.78 is 12.1. The van der Waals surface area contributed by atoms with Crippen LogP contribution in [0.4, 0.5) is 0 Å². The molecule has 0 saturated carbocycles. The van der Waals surface area contributed by atoms with E-state index in [1.807, 2.05) is 0 Å². The molecule has 1 N–H and O–H groups in total. The first-order chi connectivity index (χ1) is 9.17. The fraction of sp³-hybridized carbons (Fsp3) is 0.231. The Hall–Kier alpha value is -2.50. The first kappa shape index (κ1) is 11.6. The number of pyridine rings is 1. The van der Waals surface area contributed by atoms with Gasteiger partial charge in [-0.3, -0.25) is 19.6 Å². The van der Waals surface area contributed by atoms with E-state index in [1.54, 1.807) is 39.6 Å². The van der Waals surface area contributed by atoms with E-state index in [0.717, 1.165) is 5.39 Å². The number of ether oxygens (including phenoxy) is 2. The van der Waals surface area contributed by atoms with E-state index in [2.05, 4.69) is 10.1 Å². The summed E-state index contributed by atoms with van der Waals surface area (Å²) in [6.07, 6.45) is 1.55. The van der Waals surface area contributed by atoms with Gasteiger partial charge in [0, 0.05) is 13.2 Å². The summed E-state index contributed by atoms with van der Waals surface area (Å²) in [7, 11) is 4.84. The molecule has 0 unspecified atom stereocenters. The number of hydrogen-bond donors (Lipinski definition) is 1. The van der Waals surface area contributed by atoms with Gasteiger partial charge >= 0.3 is 0 Å². The van der Waals surface area contributed by atoms with Crippen molar-refractivity contribution in [3.05, 3.63) is 28.7 Å². The Bertz CT molecular complexity index is 832. The van der Waals surface area contributed by atoms with Crippen LogP contribution in [0.3, 0.4) is 0 Å². The number of fused-ring (bicyclic) bond motifs is 3. The van der Waals surface area contributed by atoms with Gasteiger partial charge in [0.25, 0.3) is 5.56 Å². The lowest BCUT2D eigenvalue weighted by molar-refractivity contribution is 0.410. The number of aromatic nitrogens is 3. The zero-order valence-electron chi connectivity index (χ0n) is 10.9. The number of hydrogen-bond acceptors (Lipinski definition) is 4. The van der Waals surface area contributed by atoms with Crippen LogP contribution in [-0.2, 0) is 7.05 Å². The molecule has 2 heterocycles. The Kier molecular flexibility index (Phi) is 2.45. The molecular weight excluding hydrogens is 246 g/mol. The van der Waals surface area contributed by atoms with Crippen molar-refractivity contribution in [3.8, 4) is 11.5 Å². The van der Waals surface area contributed by atoms with Crippen LogP contribution in [0.1, 0.15) is 0 Å². The minimum absolute atomic E-state index is 0.116. The van der Waals surface area contributed by atoms with Gasteiger partial charge in [-0.15, -0.1) is 0 Å². The number of methoxy groups -OCH3 is 2. The maximum Gasteiger partial charge on any atom is 0.275 e. The fourth-order valence-corrected chi connectivity index (χ4v) is 2.26. The molecule has 19 heavy (non-hydrogen) atoms. The van der Waals surface area contributed by atoms with Gasteiger partial charge in [-0.05, 0) is 12.1 Å². The minimum atomic E-state index is -0.116. The van der Waals surface area contributed by atoms with E-state index in [0.29, 0.717) is 27.9 Å². The lowest BCUT2D eigenvalue weighted by Crippen LogP contribution is -2.11. The second kappa shape index (κ2) is 4.01. The van der Waals surface area contributed by atoms with Crippen molar-refractivity contribution in [3.63, 3.8) is 0 Å². The summed E-state index contributed by atoms with van der Waals surface area (Å²) in [6.45, 7) is 0. The van der Waals surface area contributed by atoms with E-state index in [9.17, 15) is 4.79 Å². The fourth-order valence-electron chi connectivity index (χ4n) is 2.26. The third-order valence-electron chi connectivity index (χ3n) is 3.20. The average molecular weight is 259 g/mol. The Morgan fingerprint density at radius 1 is 1.21 bits per heavy atom. The van der Waals surface area contributed by atoms with Crippen molar-refractivity contribution in [1.29, 1.82) is 0 Å². The molecule has 0 aliphatic rings. The molecule has 6 nitrogen and oxygen atoms in total. The maximum atomic E-state index is 11.9. The second-order valence-electron chi connectivity index (χ2n) is 4.22. The number of aromatic amines is 1. The van der Waals surface area contributed by atoms with E-state index in [1.165, 1.54) is 4.68 Å². The van der Waals surface area contributed by atoms with Gasteiger partial charge < -0.3 is 9.47 Å². The average Bonchev–Trinajstić information content (AvgIpc) is 2.73. The van der Waals surface area contributed by atoms with Gasteiger partial charge in [0.15, 0.2) is 0 Å². The Labute approximate surface area is 108 Å². The Balaban J connectivity index is 2.59. The van der Waals surface area contributed by atoms with Crippen LogP contribution in [0.15, 0.2) is 23.1 Å². The van der Waals surface area contributed by atoms with Crippen molar-refractivity contribution >= 4 is 21.8 Å². The van der Waals surface area contributed by atoms with Crippen LogP contribution in [0.5, 0.6) is 11.5 Å². The molecular formula is C13H13N3O3. The highest BCUT2D eigenvalue weighted by Crippen LogP contribution is 2.34. The molecule has 0 spiro atoms. The topological polar surface area (TPSA) is 69.1 Å². The smallest absolute Gasteiger partial charge is 0.275 e. The monoisotopic (exact) mass is 259 g/mol. The lowest BCUT2D eigenvalue weighted by Gasteiger charge is -2.09. The van der Waals surface area contributed by atoms with Gasteiger partial charge in [0.2, 0.25) is 0 Å². The molecule has 0 aliphatic heterocycles. The van der Waals surface area contributed by atoms with Crippen molar-refractivity contribution < 1.29 is 9.47 Å². The van der Waals surface area contributed by atoms with Crippen LogP contribution >= 0.6 is 0 Å². The lowest BCUT2D eigenvalue weighted by atomic mass is 10.1. The molecule has 0 aliphatic carbocycles. The number of aryl methyl sites for hydroxylation is 1. The highest BCUT2D eigenvalue weighted by molar-refractivity contribution is 6.08. The minimum Gasteiger partial charge on any atom is -0.496 e. The zero-order valence-corrected chi connectivity index (χ0v) is 10.9. The number of rotatable bonds is 2. The van der Waals surface area contributed by atoms with Crippen LogP contribution in [-0.4, -0.2) is 29.0 Å². The highest BCUT2D eigenvalue weighted by atomic mass is 16.5. The summed E-state index contributed by atoms with van der Waals surface area (Å²) in [6, 6.07) is 3.59. The quantitative estimate of drug-likeness (QED) is 0.756. The Morgan fingerprint density at radius 2 is 1.89 bits per heavy atom. The molecule has 3 aromatic rings. The molecule has 0 amide bonds. The Morgan fingerprint density at radius 3 is 2.58 bits per heavy atom. The molecule has 0 atom stereocenters. The van der Waals surface area contributed by atoms with E-state index in [-0.39, 0.29) is 5.56 Å². The number of benzene rings is 1. The summed E-state index contributed by atoms with van der Waals surface area (Å²) in [5.41, 5.74) is 1.25. The number of nitrogens with zero attached hydrogens (tertiary/aromatic N) is 2. The van der Waals surface area contributed by atoms with Crippen LogP contribution < -0.4 is 15.0 Å². The zero-order chi connectivity index (χ0) is 13.6. The maximum absolute atomic E-state index is 11.9. The largest absolute Gasteiger partial charge is 0.496 e. The molecule has 0 radical (unpaired) electrons. The SMILES string of the molecule is COc1ccc(OC)c2c1ncc1c(=O)n(C)[nH]c12. The number of H-pyrrole nitrogens is 1. The molecule has 1 aromatic carbocycles. The van der Waals surface area contributed by atoms with Gasteiger partial charge in [-0.25, -0.2) is 0 Å². The number of nitrogens with one attached hydrogen (secondary N) is 1. The van der Waals surface area contributed by atoms with Crippen molar-refractivity contribution in [2.45, 2.75) is 0 Å². The normalized spacial score (nSPS) is 11.1. The summed E-state index contributed by atoms with van der Waals surface area (Å²) in [5.74, 6) is 1.29. The van der Waals surface area contributed by atoms with Gasteiger partial charge in [-0.1, -0.05) is 0 Å². The molecule has 2 aromatic heterocycles. The van der Waals surface area contributed by atoms with Gasteiger partial charge in [-0.2, -0.15) is 0 Å². The molecule has 0 bridgehead atoms. The van der Waals surface area contributed by atoms with Gasteiger partial charge in [0.1, 0.15) is 17.0 Å². The first-order valence-corrected chi connectivity index (χ1v) is 5.75. The molecule has 6 heteroatoms. The molecule has 3 rings (SSSR count). The van der Waals surface area contributed by atoms with Crippen LogP contribution in [0.25, 0.3) is 21.8 Å². The van der Waals surface area contributed by atoms with Crippen molar-refractivity contribution in [2.75, 3.05) is 14.2 Å². The molecule has 0 fully saturated rings.